The largest absolute Gasteiger partial charge is 0.381 e. The number of nitrogens with one attached hydrogen (secondary N) is 2. The zero-order valence-electron chi connectivity index (χ0n) is 10.4. The van der Waals surface area contributed by atoms with E-state index in [1.807, 2.05) is 0 Å². The molecule has 15 heavy (non-hydrogen) atoms. The molecule has 1 rings (SSSR count). The minimum Gasteiger partial charge on any atom is -0.381 e. The van der Waals surface area contributed by atoms with Gasteiger partial charge in [0.1, 0.15) is 0 Å². The van der Waals surface area contributed by atoms with Gasteiger partial charge in [0.05, 0.1) is 6.61 Å². The van der Waals surface area contributed by atoms with Crippen LogP contribution in [0.15, 0.2) is 0 Å². The summed E-state index contributed by atoms with van der Waals surface area (Å²) < 4.78 is 5.53. The summed E-state index contributed by atoms with van der Waals surface area (Å²) in [5.74, 6) is 1.37. The van der Waals surface area contributed by atoms with Gasteiger partial charge in [-0.25, -0.2) is 0 Å². The fourth-order valence-corrected chi connectivity index (χ4v) is 2.02. The summed E-state index contributed by atoms with van der Waals surface area (Å²) in [5, 5.41) is 7.10. The average Bonchev–Trinajstić information content (AvgIpc) is 2.24. The molecule has 1 fully saturated rings. The minimum atomic E-state index is 0.637. The van der Waals surface area contributed by atoms with E-state index < -0.39 is 0 Å². The van der Waals surface area contributed by atoms with Gasteiger partial charge in [0.2, 0.25) is 0 Å². The van der Waals surface area contributed by atoms with Crippen LogP contribution in [0.25, 0.3) is 0 Å². The van der Waals surface area contributed by atoms with Crippen molar-refractivity contribution >= 4 is 0 Å². The Morgan fingerprint density at radius 2 is 2.27 bits per heavy atom. The summed E-state index contributed by atoms with van der Waals surface area (Å²) in [6.45, 7) is 11.6. The van der Waals surface area contributed by atoms with Gasteiger partial charge in [-0.1, -0.05) is 13.8 Å². The molecule has 3 nitrogen and oxygen atoms in total. The molecular formula is C12H26N2O. The molecule has 1 aliphatic heterocycles. The van der Waals surface area contributed by atoms with Crippen molar-refractivity contribution in [3.63, 3.8) is 0 Å². The van der Waals surface area contributed by atoms with Crippen molar-refractivity contribution in [1.82, 2.24) is 10.6 Å². The highest BCUT2D eigenvalue weighted by atomic mass is 16.5. The van der Waals surface area contributed by atoms with E-state index >= 15 is 0 Å². The molecule has 0 radical (unpaired) electrons. The Morgan fingerprint density at radius 3 is 2.93 bits per heavy atom. The molecule has 1 heterocycles. The van der Waals surface area contributed by atoms with Crippen molar-refractivity contribution in [1.29, 1.82) is 0 Å². The first kappa shape index (κ1) is 12.9. The zero-order valence-corrected chi connectivity index (χ0v) is 10.4. The Balaban J connectivity index is 2.29. The van der Waals surface area contributed by atoms with E-state index in [-0.39, 0.29) is 0 Å². The maximum atomic E-state index is 5.53. The Labute approximate surface area is 94.0 Å². The van der Waals surface area contributed by atoms with Crippen molar-refractivity contribution in [3.8, 4) is 0 Å². The van der Waals surface area contributed by atoms with Crippen molar-refractivity contribution in [3.05, 3.63) is 0 Å². The molecule has 2 N–H and O–H groups in total. The van der Waals surface area contributed by atoms with E-state index in [4.69, 9.17) is 4.74 Å². The van der Waals surface area contributed by atoms with Crippen LogP contribution < -0.4 is 10.6 Å². The smallest absolute Gasteiger partial charge is 0.0521 e. The molecule has 0 amide bonds. The standard InChI is InChI=1S/C12H26N2O/c1-4-15-9-11-8-13-6-5-12(11)14-7-10(2)3/h10-14H,4-9H2,1-3H3. The average molecular weight is 214 g/mol. The van der Waals surface area contributed by atoms with Crippen LogP contribution in [0.5, 0.6) is 0 Å². The third-order valence-electron chi connectivity index (χ3n) is 2.93. The minimum absolute atomic E-state index is 0.637. The van der Waals surface area contributed by atoms with E-state index in [0.717, 1.165) is 38.8 Å². The van der Waals surface area contributed by atoms with Gasteiger partial charge < -0.3 is 15.4 Å². The summed E-state index contributed by atoms with van der Waals surface area (Å²) in [5.41, 5.74) is 0. The van der Waals surface area contributed by atoms with Crippen LogP contribution in [0.3, 0.4) is 0 Å². The first-order valence-electron chi connectivity index (χ1n) is 6.25. The van der Waals surface area contributed by atoms with Gasteiger partial charge >= 0.3 is 0 Å². The van der Waals surface area contributed by atoms with Gasteiger partial charge in [-0.2, -0.15) is 0 Å². The molecule has 0 aromatic heterocycles. The van der Waals surface area contributed by atoms with Crippen LogP contribution in [0.1, 0.15) is 27.2 Å². The topological polar surface area (TPSA) is 33.3 Å². The molecular weight excluding hydrogens is 188 g/mol. The van der Waals surface area contributed by atoms with Crippen molar-refractivity contribution < 1.29 is 4.74 Å². The highest BCUT2D eigenvalue weighted by molar-refractivity contribution is 4.83. The SMILES string of the molecule is CCOCC1CNCCC1NCC(C)C. The quantitative estimate of drug-likeness (QED) is 0.698. The molecule has 0 aromatic carbocycles. The molecule has 90 valence electrons. The van der Waals surface area contributed by atoms with E-state index in [2.05, 4.69) is 31.4 Å². The highest BCUT2D eigenvalue weighted by Crippen LogP contribution is 2.12. The van der Waals surface area contributed by atoms with Gasteiger partial charge in [-0.15, -0.1) is 0 Å². The molecule has 1 saturated heterocycles. The Morgan fingerprint density at radius 1 is 1.47 bits per heavy atom. The maximum absolute atomic E-state index is 5.53. The summed E-state index contributed by atoms with van der Waals surface area (Å²) in [4.78, 5) is 0. The second-order valence-electron chi connectivity index (χ2n) is 4.82. The summed E-state index contributed by atoms with van der Waals surface area (Å²) >= 11 is 0. The molecule has 2 unspecified atom stereocenters. The fraction of sp³-hybridized carbons (Fsp3) is 1.00. The normalized spacial score (nSPS) is 27.2. The fourth-order valence-electron chi connectivity index (χ4n) is 2.02. The third-order valence-corrected chi connectivity index (χ3v) is 2.93. The first-order valence-corrected chi connectivity index (χ1v) is 6.25. The van der Waals surface area contributed by atoms with Crippen LogP contribution >= 0.6 is 0 Å². The van der Waals surface area contributed by atoms with Gasteiger partial charge in [-0.3, -0.25) is 0 Å². The van der Waals surface area contributed by atoms with Crippen LogP contribution in [0.2, 0.25) is 0 Å². The number of piperidine rings is 1. The lowest BCUT2D eigenvalue weighted by Crippen LogP contribution is -2.50. The monoisotopic (exact) mass is 214 g/mol. The van der Waals surface area contributed by atoms with Gasteiger partial charge in [0.15, 0.2) is 0 Å². The summed E-state index contributed by atoms with van der Waals surface area (Å²) in [6, 6.07) is 0.639. The molecule has 0 aliphatic carbocycles. The van der Waals surface area contributed by atoms with E-state index in [0.29, 0.717) is 12.0 Å². The Bertz CT molecular complexity index is 162. The molecule has 0 spiro atoms. The molecule has 0 aromatic rings. The lowest BCUT2D eigenvalue weighted by atomic mass is 9.93. The van der Waals surface area contributed by atoms with Crippen LogP contribution in [-0.4, -0.2) is 38.9 Å². The number of hydrogen-bond donors (Lipinski definition) is 2. The lowest BCUT2D eigenvalue weighted by molar-refractivity contribution is 0.0830. The Kier molecular flexibility index (Phi) is 6.22. The predicted octanol–water partition coefficient (Wildman–Crippen LogP) is 1.25. The van der Waals surface area contributed by atoms with Gasteiger partial charge in [0.25, 0.3) is 0 Å². The number of hydrogen-bond acceptors (Lipinski definition) is 3. The second kappa shape index (κ2) is 7.20. The molecule has 0 saturated carbocycles. The highest BCUT2D eigenvalue weighted by Gasteiger charge is 2.24. The van der Waals surface area contributed by atoms with Crippen LogP contribution in [-0.2, 0) is 4.74 Å². The molecule has 1 aliphatic rings. The summed E-state index contributed by atoms with van der Waals surface area (Å²) in [6.07, 6.45) is 1.23. The predicted molar refractivity (Wildman–Crippen MR) is 64.1 cm³/mol. The number of rotatable bonds is 6. The van der Waals surface area contributed by atoms with Crippen molar-refractivity contribution in [2.75, 3.05) is 32.8 Å². The van der Waals surface area contributed by atoms with E-state index in [1.54, 1.807) is 0 Å². The van der Waals surface area contributed by atoms with Gasteiger partial charge in [-0.05, 0) is 32.4 Å². The van der Waals surface area contributed by atoms with Crippen LogP contribution in [0, 0.1) is 11.8 Å². The molecule has 2 atom stereocenters. The second-order valence-corrected chi connectivity index (χ2v) is 4.82. The first-order chi connectivity index (χ1) is 7.24. The van der Waals surface area contributed by atoms with Crippen LogP contribution in [0.4, 0.5) is 0 Å². The van der Waals surface area contributed by atoms with E-state index in [1.165, 1.54) is 6.42 Å². The van der Waals surface area contributed by atoms with Crippen molar-refractivity contribution in [2.24, 2.45) is 11.8 Å². The maximum Gasteiger partial charge on any atom is 0.0521 e. The summed E-state index contributed by atoms with van der Waals surface area (Å²) in [7, 11) is 0. The van der Waals surface area contributed by atoms with Crippen molar-refractivity contribution in [2.45, 2.75) is 33.2 Å². The zero-order chi connectivity index (χ0) is 11.1. The van der Waals surface area contributed by atoms with Gasteiger partial charge in [0, 0.05) is 25.1 Å². The lowest BCUT2D eigenvalue weighted by Gasteiger charge is -2.33. The van der Waals surface area contributed by atoms with E-state index in [9.17, 15) is 0 Å². The molecule has 3 heteroatoms. The Hall–Kier alpha value is -0.120. The molecule has 0 bridgehead atoms. The third kappa shape index (κ3) is 4.96. The number of ether oxygens (including phenoxy) is 1.